The van der Waals surface area contributed by atoms with Gasteiger partial charge in [-0.15, -0.1) is 0 Å². The molecule has 0 aromatic heterocycles. The Hall–Kier alpha value is -2.03. The number of hydrogen-bond donors (Lipinski definition) is 0. The first kappa shape index (κ1) is 22.2. The van der Waals surface area contributed by atoms with Crippen LogP contribution in [0.25, 0.3) is 0 Å². The number of hydrogen-bond acceptors (Lipinski definition) is 3. The summed E-state index contributed by atoms with van der Waals surface area (Å²) in [5, 5.41) is -0.244. The molecule has 0 saturated carbocycles. The predicted octanol–water partition coefficient (Wildman–Crippen LogP) is 4.38. The number of halogens is 3. The molecule has 2 heterocycles. The highest BCUT2D eigenvalue weighted by Gasteiger charge is 2.37. The first-order chi connectivity index (χ1) is 14.8. The molecule has 0 bridgehead atoms. The second-order valence-corrected chi connectivity index (χ2v) is 10.3. The van der Waals surface area contributed by atoms with Gasteiger partial charge in [-0.25, -0.2) is 17.2 Å². The third-order valence-electron chi connectivity index (χ3n) is 6.12. The quantitative estimate of drug-likeness (QED) is 0.669. The van der Waals surface area contributed by atoms with Crippen LogP contribution in [0.4, 0.5) is 8.78 Å². The molecular formula is C22H23ClF2N2O3S. The molecule has 1 unspecified atom stereocenters. The minimum Gasteiger partial charge on any atom is -0.335 e. The van der Waals surface area contributed by atoms with Gasteiger partial charge in [-0.3, -0.25) is 4.79 Å². The van der Waals surface area contributed by atoms with Crippen molar-refractivity contribution in [3.05, 3.63) is 64.7 Å². The molecule has 5 nitrogen and oxygen atoms in total. The summed E-state index contributed by atoms with van der Waals surface area (Å²) < 4.78 is 53.7. The van der Waals surface area contributed by atoms with Crippen molar-refractivity contribution in [1.82, 2.24) is 9.21 Å². The molecule has 1 atom stereocenters. The molecule has 0 aliphatic carbocycles. The van der Waals surface area contributed by atoms with Crippen LogP contribution in [0.1, 0.15) is 37.3 Å². The predicted molar refractivity (Wildman–Crippen MR) is 113 cm³/mol. The maximum atomic E-state index is 13.4. The summed E-state index contributed by atoms with van der Waals surface area (Å²) in [6.07, 6.45) is 2.54. The van der Waals surface area contributed by atoms with Crippen LogP contribution in [-0.4, -0.2) is 43.2 Å². The molecular weight excluding hydrogens is 446 g/mol. The smallest absolute Gasteiger partial charge is 0.243 e. The molecule has 0 spiro atoms. The van der Waals surface area contributed by atoms with Gasteiger partial charge < -0.3 is 4.90 Å². The molecule has 2 aliphatic rings. The number of likely N-dealkylation sites (tertiary alicyclic amines) is 1. The lowest BCUT2D eigenvalue weighted by atomic mass is 9.95. The first-order valence-corrected chi connectivity index (χ1v) is 12.1. The van der Waals surface area contributed by atoms with Crippen molar-refractivity contribution >= 4 is 27.5 Å². The largest absolute Gasteiger partial charge is 0.335 e. The van der Waals surface area contributed by atoms with Gasteiger partial charge in [-0.05, 0) is 61.6 Å². The van der Waals surface area contributed by atoms with Gasteiger partial charge in [-0.2, -0.15) is 4.31 Å². The van der Waals surface area contributed by atoms with E-state index in [9.17, 15) is 22.0 Å². The van der Waals surface area contributed by atoms with Crippen LogP contribution in [0, 0.1) is 17.6 Å². The zero-order chi connectivity index (χ0) is 22.2. The van der Waals surface area contributed by atoms with E-state index in [1.165, 1.54) is 22.5 Å². The molecule has 2 aromatic carbocycles. The Morgan fingerprint density at radius 1 is 0.968 bits per heavy atom. The standard InChI is InChI=1S/C22H23ClF2N2O3S/c23-19-14-18(7-8-20(19)25)31(29,30)26-12-9-16(10-13-26)22(28)27-11-1-2-21(27)15-3-5-17(24)6-4-15/h3-8,14,16,21H,1-2,9-13H2. The first-order valence-electron chi connectivity index (χ1n) is 10.3. The summed E-state index contributed by atoms with van der Waals surface area (Å²) in [5.41, 5.74) is 0.917. The SMILES string of the molecule is O=C(C1CCN(S(=O)(=O)c2ccc(F)c(Cl)c2)CC1)N1CCCC1c1ccc(F)cc1. The molecule has 2 fully saturated rings. The Balaban J connectivity index is 1.42. The van der Waals surface area contributed by atoms with E-state index in [0.29, 0.717) is 19.4 Å². The molecule has 0 N–H and O–H groups in total. The molecule has 2 aromatic rings. The average molecular weight is 469 g/mol. The normalized spacial score (nSPS) is 20.9. The van der Waals surface area contributed by atoms with E-state index in [1.54, 1.807) is 12.1 Å². The van der Waals surface area contributed by atoms with Crippen molar-refractivity contribution in [2.75, 3.05) is 19.6 Å². The Labute approximate surface area is 185 Å². The van der Waals surface area contributed by atoms with Crippen LogP contribution in [0.15, 0.2) is 47.4 Å². The minimum absolute atomic E-state index is 0.0219. The van der Waals surface area contributed by atoms with Gasteiger partial charge in [-0.1, -0.05) is 23.7 Å². The number of sulfonamides is 1. The molecule has 1 amide bonds. The number of amides is 1. The van der Waals surface area contributed by atoms with Gasteiger partial charge in [0.05, 0.1) is 16.0 Å². The van der Waals surface area contributed by atoms with Crippen LogP contribution in [0.3, 0.4) is 0 Å². The van der Waals surface area contributed by atoms with E-state index in [-0.39, 0.29) is 46.7 Å². The molecule has 4 rings (SSSR count). The Morgan fingerprint density at radius 3 is 2.29 bits per heavy atom. The van der Waals surface area contributed by atoms with Gasteiger partial charge in [0.25, 0.3) is 0 Å². The van der Waals surface area contributed by atoms with Crippen molar-refractivity contribution in [2.24, 2.45) is 5.92 Å². The zero-order valence-electron chi connectivity index (χ0n) is 16.8. The van der Waals surface area contributed by atoms with Gasteiger partial charge in [0.2, 0.25) is 15.9 Å². The number of benzene rings is 2. The summed E-state index contributed by atoms with van der Waals surface area (Å²) in [7, 11) is -3.81. The maximum absolute atomic E-state index is 13.4. The van der Waals surface area contributed by atoms with E-state index < -0.39 is 15.8 Å². The topological polar surface area (TPSA) is 57.7 Å². The summed E-state index contributed by atoms with van der Waals surface area (Å²) in [5.74, 6) is -1.22. The molecule has 31 heavy (non-hydrogen) atoms. The second kappa shape index (κ2) is 8.84. The molecule has 166 valence electrons. The lowest BCUT2D eigenvalue weighted by Crippen LogP contribution is -2.44. The fourth-order valence-electron chi connectivity index (χ4n) is 4.43. The fourth-order valence-corrected chi connectivity index (χ4v) is 6.17. The van der Waals surface area contributed by atoms with Crippen LogP contribution in [-0.2, 0) is 14.8 Å². The maximum Gasteiger partial charge on any atom is 0.243 e. The van der Waals surface area contributed by atoms with E-state index >= 15 is 0 Å². The molecule has 0 radical (unpaired) electrons. The number of piperidine rings is 1. The molecule has 9 heteroatoms. The van der Waals surface area contributed by atoms with Crippen molar-refractivity contribution in [3.63, 3.8) is 0 Å². The van der Waals surface area contributed by atoms with Crippen LogP contribution >= 0.6 is 11.6 Å². The number of rotatable bonds is 4. The van der Waals surface area contributed by atoms with Crippen molar-refractivity contribution < 1.29 is 22.0 Å². The third-order valence-corrected chi connectivity index (χ3v) is 8.31. The zero-order valence-corrected chi connectivity index (χ0v) is 18.4. The number of nitrogens with zero attached hydrogens (tertiary/aromatic N) is 2. The minimum atomic E-state index is -3.81. The summed E-state index contributed by atoms with van der Waals surface area (Å²) in [6, 6.07) is 9.52. The Morgan fingerprint density at radius 2 is 1.65 bits per heavy atom. The van der Waals surface area contributed by atoms with E-state index in [2.05, 4.69) is 0 Å². The monoisotopic (exact) mass is 468 g/mol. The van der Waals surface area contributed by atoms with Crippen molar-refractivity contribution in [1.29, 1.82) is 0 Å². The lowest BCUT2D eigenvalue weighted by molar-refractivity contribution is -0.137. The summed E-state index contributed by atoms with van der Waals surface area (Å²) in [4.78, 5) is 15.0. The number of carbonyl (C=O) groups is 1. The van der Waals surface area contributed by atoms with Gasteiger partial charge in [0, 0.05) is 25.6 Å². The van der Waals surface area contributed by atoms with Gasteiger partial charge in [0.15, 0.2) is 0 Å². The Kier molecular flexibility index (Phi) is 6.32. The van der Waals surface area contributed by atoms with Crippen LogP contribution < -0.4 is 0 Å². The Bertz CT molecular complexity index is 1070. The molecule has 2 saturated heterocycles. The number of carbonyl (C=O) groups excluding carboxylic acids is 1. The van der Waals surface area contributed by atoms with Gasteiger partial charge in [0.1, 0.15) is 11.6 Å². The highest BCUT2D eigenvalue weighted by atomic mass is 35.5. The van der Waals surface area contributed by atoms with Crippen LogP contribution in [0.2, 0.25) is 5.02 Å². The third kappa shape index (κ3) is 4.47. The van der Waals surface area contributed by atoms with Crippen molar-refractivity contribution in [3.8, 4) is 0 Å². The summed E-state index contributed by atoms with van der Waals surface area (Å²) in [6.45, 7) is 1.07. The second-order valence-electron chi connectivity index (χ2n) is 8.00. The van der Waals surface area contributed by atoms with Gasteiger partial charge >= 0.3 is 0 Å². The summed E-state index contributed by atoms with van der Waals surface area (Å²) >= 11 is 5.74. The van der Waals surface area contributed by atoms with E-state index in [0.717, 1.165) is 30.5 Å². The van der Waals surface area contributed by atoms with E-state index in [4.69, 9.17) is 11.6 Å². The lowest BCUT2D eigenvalue weighted by Gasteiger charge is -2.34. The van der Waals surface area contributed by atoms with E-state index in [1.807, 2.05) is 4.90 Å². The highest BCUT2D eigenvalue weighted by Crippen LogP contribution is 2.35. The highest BCUT2D eigenvalue weighted by molar-refractivity contribution is 7.89. The van der Waals surface area contributed by atoms with Crippen LogP contribution in [0.5, 0.6) is 0 Å². The average Bonchev–Trinajstić information content (AvgIpc) is 3.25. The molecule has 2 aliphatic heterocycles. The fraction of sp³-hybridized carbons (Fsp3) is 0.409. The van der Waals surface area contributed by atoms with Crippen molar-refractivity contribution in [2.45, 2.75) is 36.6 Å².